The van der Waals surface area contributed by atoms with E-state index >= 15 is 0 Å². The summed E-state index contributed by atoms with van der Waals surface area (Å²) < 4.78 is 5.22. The Morgan fingerprint density at radius 1 is 1.31 bits per heavy atom. The van der Waals surface area contributed by atoms with E-state index < -0.39 is 0 Å². The number of methoxy groups -OCH3 is 1. The Hall–Kier alpha value is -1.14. The summed E-state index contributed by atoms with van der Waals surface area (Å²) in [7, 11) is 4.32. The quantitative estimate of drug-likeness (QED) is 0.640. The van der Waals surface area contributed by atoms with Crippen LogP contribution in [-0.4, -0.2) is 12.1 Å². The van der Waals surface area contributed by atoms with Gasteiger partial charge in [0.05, 0.1) is 12.6 Å². The van der Waals surface area contributed by atoms with Crippen molar-refractivity contribution in [2.75, 3.05) is 7.11 Å². The molecule has 2 nitrogen and oxygen atoms in total. The normalized spacial score (nSPS) is 10.3. The molecule has 13 heavy (non-hydrogen) atoms. The Kier molecular flexibility index (Phi) is 2.15. The Labute approximate surface area is 79.1 Å². The smallest absolute Gasteiger partial charge is 0.129 e. The van der Waals surface area contributed by atoms with E-state index in [1.54, 1.807) is 13.3 Å². The van der Waals surface area contributed by atoms with E-state index in [2.05, 4.69) is 14.2 Å². The maximum absolute atomic E-state index is 5.22. The summed E-state index contributed by atoms with van der Waals surface area (Å²) in [5.74, 6) is 0.870. The van der Waals surface area contributed by atoms with Crippen molar-refractivity contribution in [3.63, 3.8) is 0 Å². The highest BCUT2D eigenvalue weighted by Crippen LogP contribution is 2.22. The predicted molar refractivity (Wildman–Crippen MR) is 57.6 cm³/mol. The number of aromatic nitrogens is 1. The second kappa shape index (κ2) is 3.31. The summed E-state index contributed by atoms with van der Waals surface area (Å²) >= 11 is 0. The molecule has 66 valence electrons. The Bertz CT molecular complexity index is 442. The summed E-state index contributed by atoms with van der Waals surface area (Å²) in [4.78, 5) is 4.26. The molecular formula is C10H10NOP. The number of fused-ring (bicyclic) bond motifs is 1. The van der Waals surface area contributed by atoms with Crippen LogP contribution in [0.5, 0.6) is 5.75 Å². The van der Waals surface area contributed by atoms with Gasteiger partial charge in [-0.05, 0) is 23.5 Å². The van der Waals surface area contributed by atoms with Gasteiger partial charge >= 0.3 is 0 Å². The van der Waals surface area contributed by atoms with Crippen LogP contribution in [0.15, 0.2) is 30.5 Å². The van der Waals surface area contributed by atoms with Gasteiger partial charge in [0.25, 0.3) is 0 Å². The standard InChI is InChI=1S/C10H10NOP/c1-12-10-4-5-11-9-6-7(13)2-3-8(9)10/h2-6H,13H2,1H3. The third-order valence-corrected chi connectivity index (χ3v) is 2.31. The lowest BCUT2D eigenvalue weighted by atomic mass is 10.2. The zero-order valence-corrected chi connectivity index (χ0v) is 8.47. The fourth-order valence-corrected chi connectivity index (χ4v) is 1.57. The highest BCUT2D eigenvalue weighted by Gasteiger charge is 2.00. The van der Waals surface area contributed by atoms with Crippen molar-refractivity contribution in [3.8, 4) is 5.75 Å². The van der Waals surface area contributed by atoms with Crippen LogP contribution in [0, 0.1) is 0 Å². The van der Waals surface area contributed by atoms with E-state index in [4.69, 9.17) is 4.74 Å². The van der Waals surface area contributed by atoms with Gasteiger partial charge in [0.1, 0.15) is 5.75 Å². The molecule has 3 heteroatoms. The number of rotatable bonds is 1. The van der Waals surface area contributed by atoms with E-state index in [0.29, 0.717) is 0 Å². The molecule has 0 fully saturated rings. The van der Waals surface area contributed by atoms with Gasteiger partial charge in [-0.15, -0.1) is 9.24 Å². The van der Waals surface area contributed by atoms with Gasteiger partial charge in [0.2, 0.25) is 0 Å². The maximum Gasteiger partial charge on any atom is 0.129 e. The SMILES string of the molecule is COc1ccnc2cc(P)ccc12. The van der Waals surface area contributed by atoms with Crippen molar-refractivity contribution >= 4 is 25.4 Å². The van der Waals surface area contributed by atoms with Gasteiger partial charge in [-0.1, -0.05) is 6.07 Å². The molecule has 2 aromatic rings. The molecule has 0 saturated heterocycles. The van der Waals surface area contributed by atoms with Gasteiger partial charge in [0.15, 0.2) is 0 Å². The van der Waals surface area contributed by atoms with Crippen LogP contribution in [0.25, 0.3) is 10.9 Å². The van der Waals surface area contributed by atoms with Crippen molar-refractivity contribution in [2.45, 2.75) is 0 Å². The van der Waals surface area contributed by atoms with E-state index in [9.17, 15) is 0 Å². The molecule has 1 aromatic heterocycles. The first kappa shape index (κ1) is 8.46. The highest BCUT2D eigenvalue weighted by atomic mass is 31.0. The number of benzene rings is 1. The third-order valence-electron chi connectivity index (χ3n) is 1.95. The Morgan fingerprint density at radius 2 is 2.15 bits per heavy atom. The zero-order chi connectivity index (χ0) is 9.26. The number of ether oxygens (including phenoxy) is 1. The van der Waals surface area contributed by atoms with E-state index in [1.807, 2.05) is 24.3 Å². The minimum Gasteiger partial charge on any atom is -0.496 e. The largest absolute Gasteiger partial charge is 0.496 e. The molecule has 0 aliphatic rings. The number of pyridine rings is 1. The van der Waals surface area contributed by atoms with Crippen LogP contribution >= 0.6 is 9.24 Å². The zero-order valence-electron chi connectivity index (χ0n) is 7.32. The first-order valence-corrected chi connectivity index (χ1v) is 4.57. The monoisotopic (exact) mass is 191 g/mol. The molecule has 1 atom stereocenters. The molecule has 0 amide bonds. The average Bonchev–Trinajstić information content (AvgIpc) is 2.16. The Morgan fingerprint density at radius 3 is 2.92 bits per heavy atom. The number of hydrogen-bond acceptors (Lipinski definition) is 2. The molecule has 0 N–H and O–H groups in total. The van der Waals surface area contributed by atoms with Crippen LogP contribution in [0.3, 0.4) is 0 Å². The molecule has 1 heterocycles. The van der Waals surface area contributed by atoms with Gasteiger partial charge in [-0.25, -0.2) is 0 Å². The van der Waals surface area contributed by atoms with Crippen molar-refractivity contribution in [2.24, 2.45) is 0 Å². The summed E-state index contributed by atoms with van der Waals surface area (Å²) in [5.41, 5.74) is 0.965. The molecule has 0 radical (unpaired) electrons. The molecule has 1 unspecified atom stereocenters. The molecule has 1 aromatic carbocycles. The van der Waals surface area contributed by atoms with E-state index in [1.165, 1.54) is 0 Å². The second-order valence-electron chi connectivity index (χ2n) is 2.79. The lowest BCUT2D eigenvalue weighted by Gasteiger charge is -2.04. The average molecular weight is 191 g/mol. The van der Waals surface area contributed by atoms with Crippen molar-refractivity contribution in [3.05, 3.63) is 30.5 Å². The third kappa shape index (κ3) is 1.50. The van der Waals surface area contributed by atoms with Crippen molar-refractivity contribution in [1.29, 1.82) is 0 Å². The van der Waals surface area contributed by atoms with E-state index in [0.717, 1.165) is 22.0 Å². The summed E-state index contributed by atoms with van der Waals surface area (Å²) in [6.45, 7) is 0. The molecule has 0 saturated carbocycles. The van der Waals surface area contributed by atoms with Crippen LogP contribution in [0.4, 0.5) is 0 Å². The number of hydrogen-bond donors (Lipinski definition) is 0. The molecule has 0 spiro atoms. The van der Waals surface area contributed by atoms with E-state index in [-0.39, 0.29) is 0 Å². The summed E-state index contributed by atoms with van der Waals surface area (Å²) in [5, 5.41) is 2.18. The number of nitrogens with zero attached hydrogens (tertiary/aromatic N) is 1. The van der Waals surface area contributed by atoms with Crippen LogP contribution in [-0.2, 0) is 0 Å². The predicted octanol–water partition coefficient (Wildman–Crippen LogP) is 1.74. The van der Waals surface area contributed by atoms with Crippen molar-refractivity contribution in [1.82, 2.24) is 4.98 Å². The fraction of sp³-hybridized carbons (Fsp3) is 0.100. The maximum atomic E-state index is 5.22. The molecular weight excluding hydrogens is 181 g/mol. The molecule has 0 bridgehead atoms. The first-order chi connectivity index (χ1) is 6.31. The fourth-order valence-electron chi connectivity index (χ4n) is 1.32. The van der Waals surface area contributed by atoms with Gasteiger partial charge in [-0.3, -0.25) is 4.98 Å². The van der Waals surface area contributed by atoms with Gasteiger partial charge in [0, 0.05) is 11.6 Å². The minimum atomic E-state index is 0.870. The highest BCUT2D eigenvalue weighted by molar-refractivity contribution is 7.27. The Balaban J connectivity index is 2.77. The molecule has 2 rings (SSSR count). The lowest BCUT2D eigenvalue weighted by Crippen LogP contribution is -1.92. The van der Waals surface area contributed by atoms with Crippen LogP contribution in [0.2, 0.25) is 0 Å². The second-order valence-corrected chi connectivity index (χ2v) is 3.46. The van der Waals surface area contributed by atoms with Gasteiger partial charge in [-0.2, -0.15) is 0 Å². The molecule has 0 aliphatic heterocycles. The van der Waals surface area contributed by atoms with Crippen LogP contribution in [0.1, 0.15) is 0 Å². The van der Waals surface area contributed by atoms with Crippen molar-refractivity contribution < 1.29 is 4.74 Å². The summed E-state index contributed by atoms with van der Waals surface area (Å²) in [6, 6.07) is 7.92. The molecule has 0 aliphatic carbocycles. The first-order valence-electron chi connectivity index (χ1n) is 3.99. The summed E-state index contributed by atoms with van der Waals surface area (Å²) in [6.07, 6.45) is 1.76. The van der Waals surface area contributed by atoms with Crippen LogP contribution < -0.4 is 10.0 Å². The van der Waals surface area contributed by atoms with Gasteiger partial charge < -0.3 is 4.74 Å². The topological polar surface area (TPSA) is 22.1 Å². The minimum absolute atomic E-state index is 0.870. The lowest BCUT2D eigenvalue weighted by molar-refractivity contribution is 0.419.